The van der Waals surface area contributed by atoms with Gasteiger partial charge < -0.3 is 24.1 Å². The van der Waals surface area contributed by atoms with Crippen LogP contribution in [0.25, 0.3) is 6.08 Å². The van der Waals surface area contributed by atoms with E-state index < -0.39 is 5.60 Å². The zero-order chi connectivity index (χ0) is 21.2. The monoisotopic (exact) mass is 396 g/mol. The summed E-state index contributed by atoms with van der Waals surface area (Å²) in [6.45, 7) is 8.01. The Morgan fingerprint density at radius 1 is 1.07 bits per heavy atom. The average Bonchev–Trinajstić information content (AvgIpc) is 2.67. The molecule has 3 rings (SSSR count). The zero-order valence-electron chi connectivity index (χ0n) is 17.8. The number of rotatable bonds is 6. The molecule has 1 aliphatic rings. The van der Waals surface area contributed by atoms with Gasteiger partial charge in [-0.05, 0) is 52.3 Å². The number of hydrogen-bond acceptors (Lipinski definition) is 5. The first kappa shape index (κ1) is 20.6. The van der Waals surface area contributed by atoms with Crippen LogP contribution in [-0.2, 0) is 6.42 Å². The van der Waals surface area contributed by atoms with E-state index in [2.05, 4.69) is 6.08 Å². The summed E-state index contributed by atoms with van der Waals surface area (Å²) in [7, 11) is 3.18. The molecule has 2 aromatic rings. The lowest BCUT2D eigenvalue weighted by Crippen LogP contribution is -2.27. The molecule has 29 heavy (non-hydrogen) atoms. The van der Waals surface area contributed by atoms with Crippen molar-refractivity contribution in [1.82, 2.24) is 0 Å². The number of aromatic hydroxyl groups is 1. The number of hydrogen-bond donors (Lipinski definition) is 1. The van der Waals surface area contributed by atoms with Gasteiger partial charge in [-0.2, -0.15) is 0 Å². The van der Waals surface area contributed by atoms with Crippen molar-refractivity contribution in [2.75, 3.05) is 14.2 Å². The van der Waals surface area contributed by atoms with Crippen LogP contribution in [-0.4, -0.2) is 24.9 Å². The van der Waals surface area contributed by atoms with E-state index in [0.29, 0.717) is 35.2 Å². The zero-order valence-corrected chi connectivity index (χ0v) is 17.8. The summed E-state index contributed by atoms with van der Waals surface area (Å²) in [6.07, 6.45) is 6.65. The van der Waals surface area contributed by atoms with Gasteiger partial charge in [-0.1, -0.05) is 17.7 Å². The third-order valence-corrected chi connectivity index (χ3v) is 4.62. The molecule has 0 radical (unpaired) electrons. The Kier molecular flexibility index (Phi) is 5.78. The normalized spacial score (nSPS) is 13.9. The summed E-state index contributed by atoms with van der Waals surface area (Å²) in [5, 5.41) is 10.7. The largest absolute Gasteiger partial charge is 0.504 e. The fraction of sp³-hybridized carbons (Fsp3) is 0.333. The van der Waals surface area contributed by atoms with Gasteiger partial charge in [0.15, 0.2) is 23.0 Å². The minimum atomic E-state index is -0.466. The molecule has 2 aromatic carbocycles. The highest BCUT2D eigenvalue weighted by Gasteiger charge is 2.27. The molecule has 1 heterocycles. The number of fused-ring (bicyclic) bond motifs is 1. The predicted molar refractivity (Wildman–Crippen MR) is 115 cm³/mol. The third-order valence-electron chi connectivity index (χ3n) is 4.62. The smallest absolute Gasteiger partial charge is 0.173 e. The predicted octanol–water partition coefficient (Wildman–Crippen LogP) is 5.89. The van der Waals surface area contributed by atoms with Gasteiger partial charge in [-0.3, -0.25) is 0 Å². The van der Waals surface area contributed by atoms with E-state index in [4.69, 9.17) is 18.9 Å². The van der Waals surface area contributed by atoms with Crippen molar-refractivity contribution in [3.8, 4) is 34.5 Å². The quantitative estimate of drug-likeness (QED) is 0.617. The number of phenols is 1. The van der Waals surface area contributed by atoms with Crippen molar-refractivity contribution < 1.29 is 24.1 Å². The Balaban J connectivity index is 2.10. The SMILES string of the molecule is COc1cc(O)c(Oc2cc(OC)cc3c2OC(C)(C)C=C3)c(CC=C(C)C)c1. The van der Waals surface area contributed by atoms with Gasteiger partial charge in [-0.15, -0.1) is 0 Å². The molecule has 0 unspecified atom stereocenters. The van der Waals surface area contributed by atoms with E-state index in [1.165, 1.54) is 5.57 Å². The van der Waals surface area contributed by atoms with Gasteiger partial charge in [0.25, 0.3) is 0 Å². The van der Waals surface area contributed by atoms with Crippen molar-refractivity contribution in [3.05, 3.63) is 53.1 Å². The fourth-order valence-electron chi connectivity index (χ4n) is 3.07. The standard InChI is InChI=1S/C24H28O5/c1-15(2)7-8-16-11-18(26-5)13-20(25)22(16)28-21-14-19(27-6)12-17-9-10-24(3,4)29-23(17)21/h7,9-14,25H,8H2,1-6H3. The van der Waals surface area contributed by atoms with Gasteiger partial charge in [0.2, 0.25) is 0 Å². The topological polar surface area (TPSA) is 57.2 Å². The Hall–Kier alpha value is -3.08. The van der Waals surface area contributed by atoms with Crippen LogP contribution < -0.4 is 18.9 Å². The maximum Gasteiger partial charge on any atom is 0.173 e. The molecular formula is C24H28O5. The van der Waals surface area contributed by atoms with Crippen LogP contribution in [0.1, 0.15) is 38.8 Å². The van der Waals surface area contributed by atoms with Gasteiger partial charge in [-0.25, -0.2) is 0 Å². The number of ether oxygens (including phenoxy) is 4. The van der Waals surface area contributed by atoms with Crippen LogP contribution in [0, 0.1) is 0 Å². The molecule has 0 atom stereocenters. The lowest BCUT2D eigenvalue weighted by Gasteiger charge is -2.29. The summed E-state index contributed by atoms with van der Waals surface area (Å²) in [4.78, 5) is 0. The number of allylic oxidation sites excluding steroid dienone is 2. The van der Waals surface area contributed by atoms with E-state index >= 15 is 0 Å². The molecule has 5 nitrogen and oxygen atoms in total. The van der Waals surface area contributed by atoms with Gasteiger partial charge in [0.1, 0.15) is 17.1 Å². The summed E-state index contributed by atoms with van der Waals surface area (Å²) in [6, 6.07) is 7.07. The van der Waals surface area contributed by atoms with Crippen molar-refractivity contribution in [2.24, 2.45) is 0 Å². The first-order chi connectivity index (χ1) is 13.7. The highest BCUT2D eigenvalue weighted by molar-refractivity contribution is 5.69. The lowest BCUT2D eigenvalue weighted by atomic mass is 10.0. The molecule has 1 aliphatic heterocycles. The summed E-state index contributed by atoms with van der Waals surface area (Å²) < 4.78 is 23.1. The van der Waals surface area contributed by atoms with Crippen molar-refractivity contribution in [3.63, 3.8) is 0 Å². The Labute approximate surface area is 172 Å². The van der Waals surface area contributed by atoms with Gasteiger partial charge in [0.05, 0.1) is 14.2 Å². The Morgan fingerprint density at radius 3 is 2.41 bits per heavy atom. The second-order valence-electron chi connectivity index (χ2n) is 7.81. The van der Waals surface area contributed by atoms with Crippen LogP contribution >= 0.6 is 0 Å². The number of methoxy groups -OCH3 is 2. The Morgan fingerprint density at radius 2 is 1.76 bits per heavy atom. The van der Waals surface area contributed by atoms with Gasteiger partial charge >= 0.3 is 0 Å². The average molecular weight is 396 g/mol. The molecule has 0 saturated heterocycles. The molecule has 0 saturated carbocycles. The van der Waals surface area contributed by atoms with E-state index in [9.17, 15) is 5.11 Å². The second-order valence-corrected chi connectivity index (χ2v) is 7.81. The molecule has 0 spiro atoms. The van der Waals surface area contributed by atoms with Crippen LogP contribution in [0.5, 0.6) is 34.5 Å². The van der Waals surface area contributed by atoms with Crippen molar-refractivity contribution in [1.29, 1.82) is 0 Å². The number of phenolic OH excluding ortho intramolecular Hbond substituents is 1. The molecule has 0 fully saturated rings. The van der Waals surface area contributed by atoms with Crippen molar-refractivity contribution >= 4 is 6.08 Å². The maximum absolute atomic E-state index is 10.7. The first-order valence-corrected chi connectivity index (χ1v) is 9.54. The van der Waals surface area contributed by atoms with Gasteiger partial charge in [0, 0.05) is 23.3 Å². The van der Waals surface area contributed by atoms with E-state index in [1.807, 2.05) is 52.0 Å². The Bertz CT molecular complexity index is 966. The number of benzene rings is 2. The fourth-order valence-corrected chi connectivity index (χ4v) is 3.07. The lowest BCUT2D eigenvalue weighted by molar-refractivity contribution is 0.153. The first-order valence-electron chi connectivity index (χ1n) is 9.54. The van der Waals surface area contributed by atoms with Crippen LogP contribution in [0.3, 0.4) is 0 Å². The molecule has 0 aromatic heterocycles. The molecular weight excluding hydrogens is 368 g/mol. The molecule has 154 valence electrons. The third kappa shape index (κ3) is 4.67. The van der Waals surface area contributed by atoms with E-state index in [0.717, 1.165) is 11.1 Å². The maximum atomic E-state index is 10.7. The van der Waals surface area contributed by atoms with Crippen molar-refractivity contribution in [2.45, 2.75) is 39.7 Å². The molecule has 1 N–H and O–H groups in total. The van der Waals surface area contributed by atoms with Crippen LogP contribution in [0.4, 0.5) is 0 Å². The second kappa shape index (κ2) is 8.11. The molecule has 0 aliphatic carbocycles. The minimum absolute atomic E-state index is 0.00341. The highest BCUT2D eigenvalue weighted by Crippen LogP contribution is 2.46. The summed E-state index contributed by atoms with van der Waals surface area (Å²) in [5.41, 5.74) is 2.38. The van der Waals surface area contributed by atoms with E-state index in [1.54, 1.807) is 26.4 Å². The molecule has 0 bridgehead atoms. The minimum Gasteiger partial charge on any atom is -0.504 e. The highest BCUT2D eigenvalue weighted by atomic mass is 16.5. The summed E-state index contributed by atoms with van der Waals surface area (Å²) >= 11 is 0. The van der Waals surface area contributed by atoms with Crippen LogP contribution in [0.15, 0.2) is 42.0 Å². The molecule has 5 heteroatoms. The van der Waals surface area contributed by atoms with Crippen LogP contribution in [0.2, 0.25) is 0 Å². The summed E-state index contributed by atoms with van der Waals surface area (Å²) in [5.74, 6) is 2.68. The van der Waals surface area contributed by atoms with E-state index in [-0.39, 0.29) is 5.75 Å². The molecule has 0 amide bonds.